The number of H-pyrrole nitrogens is 1. The van der Waals surface area contributed by atoms with Gasteiger partial charge in [-0.15, -0.1) is 0 Å². The molecule has 1 aromatic rings. The van der Waals surface area contributed by atoms with Crippen molar-refractivity contribution in [3.05, 3.63) is 31.5 Å². The zero-order valence-electron chi connectivity index (χ0n) is 6.94. The maximum atomic E-state index is 11.1. The lowest BCUT2D eigenvalue weighted by atomic mass is 11.0. The largest absolute Gasteiger partial charge is 0.408 e. The molecule has 0 spiro atoms. The third-order valence-corrected chi connectivity index (χ3v) is 1.30. The smallest absolute Gasteiger partial charge is 0.403 e. The Hall–Kier alpha value is -1.99. The summed E-state index contributed by atoms with van der Waals surface area (Å²) in [5.74, 6) is 0. The fourth-order valence-electron chi connectivity index (χ4n) is 0.771. The highest BCUT2D eigenvalue weighted by atomic mass is 16.7. The lowest BCUT2D eigenvalue weighted by Gasteiger charge is -2.03. The van der Waals surface area contributed by atoms with E-state index in [1.54, 1.807) is 0 Å². The van der Waals surface area contributed by atoms with Gasteiger partial charge in [-0.2, -0.15) is 0 Å². The van der Waals surface area contributed by atoms with Crippen molar-refractivity contribution in [2.45, 2.75) is 0 Å². The number of rotatable bonds is 2. The summed E-state index contributed by atoms with van der Waals surface area (Å²) < 4.78 is 0.704. The molecule has 0 bridgehead atoms. The van der Waals surface area contributed by atoms with E-state index in [0.29, 0.717) is 9.46 Å². The van der Waals surface area contributed by atoms with Crippen molar-refractivity contribution >= 4 is 0 Å². The first-order chi connectivity index (χ1) is 6.11. The normalized spacial score (nSPS) is 9.69. The van der Waals surface area contributed by atoms with Crippen LogP contribution in [0.4, 0.5) is 0 Å². The molecule has 8 nitrogen and oxygen atoms in total. The van der Waals surface area contributed by atoms with Gasteiger partial charge in [-0.25, -0.2) is 14.4 Å². The Bertz CT molecular complexity index is 427. The molecule has 13 heavy (non-hydrogen) atoms. The highest BCUT2D eigenvalue weighted by Gasteiger charge is 2.08. The Morgan fingerprint density at radius 1 is 1.00 bits per heavy atom. The lowest BCUT2D eigenvalue weighted by Crippen LogP contribution is -2.52. The fraction of sp³-hybridized carbons (Fsp3) is 0.400. The Morgan fingerprint density at radius 3 is 1.69 bits per heavy atom. The van der Waals surface area contributed by atoms with Crippen LogP contribution in [-0.2, 0) is 0 Å². The van der Waals surface area contributed by atoms with E-state index < -0.39 is 17.1 Å². The average molecular weight is 189 g/mol. The first-order valence-electron chi connectivity index (χ1n) is 3.19. The molecule has 0 saturated heterocycles. The maximum Gasteiger partial charge on any atom is 0.403 e. The second kappa shape index (κ2) is 3.17. The van der Waals surface area contributed by atoms with Crippen LogP contribution < -0.4 is 26.7 Å². The first-order valence-corrected chi connectivity index (χ1v) is 3.19. The van der Waals surface area contributed by atoms with Gasteiger partial charge in [-0.05, 0) is 0 Å². The average Bonchev–Trinajstić information content (AvgIpc) is 2.04. The van der Waals surface area contributed by atoms with Gasteiger partial charge < -0.3 is 9.68 Å². The van der Waals surface area contributed by atoms with Crippen LogP contribution in [-0.4, -0.2) is 28.7 Å². The predicted molar refractivity (Wildman–Crippen MR) is 40.6 cm³/mol. The summed E-state index contributed by atoms with van der Waals surface area (Å²) in [5.41, 5.74) is -2.91. The molecular formula is C5H7N3O5. The Labute approximate surface area is 70.9 Å². The van der Waals surface area contributed by atoms with Crippen molar-refractivity contribution in [1.29, 1.82) is 0 Å². The van der Waals surface area contributed by atoms with E-state index in [-0.39, 0.29) is 0 Å². The highest BCUT2D eigenvalue weighted by molar-refractivity contribution is 4.67. The highest BCUT2D eigenvalue weighted by Crippen LogP contribution is 1.57. The third-order valence-electron chi connectivity index (χ3n) is 1.30. The molecule has 0 aliphatic heterocycles. The van der Waals surface area contributed by atoms with E-state index in [2.05, 4.69) is 9.68 Å². The molecule has 0 aromatic carbocycles. The van der Waals surface area contributed by atoms with Gasteiger partial charge in [0.05, 0.1) is 0 Å². The number of aromatic amines is 1. The molecule has 0 amide bonds. The molecule has 8 heteroatoms. The van der Waals surface area contributed by atoms with Gasteiger partial charge >= 0.3 is 17.1 Å². The number of aromatic nitrogens is 3. The monoisotopic (exact) mass is 189 g/mol. The number of nitrogens with one attached hydrogen (secondary N) is 1. The summed E-state index contributed by atoms with van der Waals surface area (Å²) in [5, 5.41) is 0. The van der Waals surface area contributed by atoms with Crippen LogP contribution in [0.2, 0.25) is 0 Å². The summed E-state index contributed by atoms with van der Waals surface area (Å²) in [4.78, 5) is 43.5. The van der Waals surface area contributed by atoms with Gasteiger partial charge in [0, 0.05) is 0 Å². The Kier molecular flexibility index (Phi) is 2.22. The number of hydrogen-bond acceptors (Lipinski definition) is 5. The molecule has 0 aliphatic rings. The standard InChI is InChI=1S/C5H7N3O5/c1-12-7-3(9)6-4(10)8(13-2)5(7)11/h1-2H3,(H,6,9,10). The van der Waals surface area contributed by atoms with Crippen LogP contribution in [0.3, 0.4) is 0 Å². The SMILES string of the molecule is COn1c(=O)[nH]c(=O)n(OC)c1=O. The van der Waals surface area contributed by atoms with Gasteiger partial charge in [-0.1, -0.05) is 9.46 Å². The van der Waals surface area contributed by atoms with Crippen molar-refractivity contribution in [2.24, 2.45) is 0 Å². The third kappa shape index (κ3) is 1.33. The van der Waals surface area contributed by atoms with E-state index in [1.165, 1.54) is 0 Å². The second-order valence-corrected chi connectivity index (χ2v) is 1.97. The molecule has 1 heterocycles. The number of hydrogen-bond donors (Lipinski definition) is 1. The molecule has 1 aromatic heterocycles. The summed E-state index contributed by atoms with van der Waals surface area (Å²) in [6.45, 7) is 0. The minimum absolute atomic E-state index is 0.352. The van der Waals surface area contributed by atoms with Crippen LogP contribution in [0.1, 0.15) is 0 Å². The molecule has 1 rings (SSSR count). The summed E-state index contributed by atoms with van der Waals surface area (Å²) in [6.07, 6.45) is 0. The van der Waals surface area contributed by atoms with Gasteiger partial charge in [0.15, 0.2) is 0 Å². The number of nitrogens with zero attached hydrogens (tertiary/aromatic N) is 2. The summed E-state index contributed by atoms with van der Waals surface area (Å²) >= 11 is 0. The quantitative estimate of drug-likeness (QED) is 0.529. The van der Waals surface area contributed by atoms with Crippen molar-refractivity contribution in [2.75, 3.05) is 14.2 Å². The first kappa shape index (κ1) is 9.10. The second-order valence-electron chi connectivity index (χ2n) is 1.97. The Balaban J connectivity index is 3.69. The topological polar surface area (TPSA) is 95.3 Å². The maximum absolute atomic E-state index is 11.1. The van der Waals surface area contributed by atoms with E-state index >= 15 is 0 Å². The molecule has 0 atom stereocenters. The van der Waals surface area contributed by atoms with Crippen LogP contribution >= 0.6 is 0 Å². The van der Waals surface area contributed by atoms with E-state index in [1.807, 2.05) is 4.98 Å². The summed E-state index contributed by atoms with van der Waals surface area (Å²) in [7, 11) is 2.22. The molecule has 0 unspecified atom stereocenters. The van der Waals surface area contributed by atoms with Crippen LogP contribution in [0.25, 0.3) is 0 Å². The van der Waals surface area contributed by atoms with Crippen LogP contribution in [0.15, 0.2) is 14.4 Å². The molecule has 0 radical (unpaired) electrons. The van der Waals surface area contributed by atoms with Crippen molar-refractivity contribution in [3.8, 4) is 0 Å². The van der Waals surface area contributed by atoms with E-state index in [0.717, 1.165) is 14.2 Å². The van der Waals surface area contributed by atoms with Gasteiger partial charge in [-0.3, -0.25) is 4.98 Å². The van der Waals surface area contributed by atoms with Crippen molar-refractivity contribution < 1.29 is 9.68 Å². The summed E-state index contributed by atoms with van der Waals surface area (Å²) in [6, 6.07) is 0. The molecule has 0 aliphatic carbocycles. The zero-order valence-corrected chi connectivity index (χ0v) is 6.94. The molecular weight excluding hydrogens is 182 g/mol. The Morgan fingerprint density at radius 2 is 1.38 bits per heavy atom. The predicted octanol–water partition coefficient (Wildman–Crippen LogP) is -3.18. The van der Waals surface area contributed by atoms with Gasteiger partial charge in [0.2, 0.25) is 0 Å². The molecule has 1 N–H and O–H groups in total. The van der Waals surface area contributed by atoms with E-state index in [4.69, 9.17) is 0 Å². The fourth-order valence-corrected chi connectivity index (χ4v) is 0.771. The minimum Gasteiger partial charge on any atom is -0.408 e. The van der Waals surface area contributed by atoms with Crippen molar-refractivity contribution in [3.63, 3.8) is 0 Å². The minimum atomic E-state index is -1.00. The molecule has 0 fully saturated rings. The van der Waals surface area contributed by atoms with Gasteiger partial charge in [0.1, 0.15) is 14.2 Å². The van der Waals surface area contributed by atoms with Gasteiger partial charge in [0.25, 0.3) is 0 Å². The zero-order chi connectivity index (χ0) is 10.0. The van der Waals surface area contributed by atoms with E-state index in [9.17, 15) is 14.4 Å². The molecule has 72 valence electrons. The molecule has 0 saturated carbocycles. The van der Waals surface area contributed by atoms with Crippen molar-refractivity contribution in [1.82, 2.24) is 14.4 Å². The van der Waals surface area contributed by atoms with Crippen LogP contribution in [0.5, 0.6) is 0 Å². The lowest BCUT2D eigenvalue weighted by molar-refractivity contribution is 0.0787. The van der Waals surface area contributed by atoms with Crippen LogP contribution in [0, 0.1) is 0 Å².